The average molecular weight is 282 g/mol. The molecule has 0 bridgehead atoms. The molecule has 0 aromatic rings. The molecule has 1 aliphatic rings. The molecule has 3 nitrogen and oxygen atoms in total. The number of halogens is 1. The normalized spacial score (nSPS) is 20.4. The molecule has 0 saturated heterocycles. The number of hydrogen-bond donors (Lipinski definition) is 1. The Labute approximate surface area is 110 Å². The van der Waals surface area contributed by atoms with E-state index in [0.717, 1.165) is 38.5 Å². The predicted octanol–water partition coefficient (Wildman–Crippen LogP) is 2.89. The van der Waals surface area contributed by atoms with Crippen molar-refractivity contribution in [1.29, 1.82) is 0 Å². The molecule has 0 aromatic carbocycles. The van der Waals surface area contributed by atoms with Crippen molar-refractivity contribution in [3.05, 3.63) is 0 Å². The van der Waals surface area contributed by atoms with Crippen molar-refractivity contribution in [1.82, 2.24) is 4.72 Å². The lowest BCUT2D eigenvalue weighted by Crippen LogP contribution is -2.36. The van der Waals surface area contributed by atoms with Crippen molar-refractivity contribution >= 4 is 21.6 Å². The maximum absolute atomic E-state index is 12.0. The van der Waals surface area contributed by atoms with Crippen molar-refractivity contribution in [3.63, 3.8) is 0 Å². The Morgan fingerprint density at radius 2 is 1.94 bits per heavy atom. The highest BCUT2D eigenvalue weighted by Gasteiger charge is 2.26. The van der Waals surface area contributed by atoms with Crippen LogP contribution in [0.3, 0.4) is 0 Å². The van der Waals surface area contributed by atoms with Gasteiger partial charge in [0.05, 0.1) is 5.25 Å². The van der Waals surface area contributed by atoms with Gasteiger partial charge in [-0.2, -0.15) is 0 Å². The molecule has 1 aliphatic carbocycles. The molecule has 0 amide bonds. The molecule has 1 unspecified atom stereocenters. The van der Waals surface area contributed by atoms with Gasteiger partial charge >= 0.3 is 0 Å². The zero-order valence-corrected chi connectivity index (χ0v) is 12.2. The van der Waals surface area contributed by atoms with Crippen LogP contribution in [0.25, 0.3) is 0 Å². The number of rotatable bonds is 7. The lowest BCUT2D eigenvalue weighted by atomic mass is 10.0. The Hall–Kier alpha value is 0.200. The van der Waals surface area contributed by atoms with E-state index in [1.807, 2.05) is 0 Å². The Kier molecular flexibility index (Phi) is 6.82. The summed E-state index contributed by atoms with van der Waals surface area (Å²) in [4.78, 5) is 0. The van der Waals surface area contributed by atoms with E-state index in [1.165, 1.54) is 6.42 Å². The monoisotopic (exact) mass is 281 g/mol. The number of nitrogens with one attached hydrogen (secondary N) is 1. The number of sulfonamides is 1. The SMILES string of the molecule is CC(CCl)CCCNS(=O)(=O)C1CCCCC1. The van der Waals surface area contributed by atoms with Gasteiger partial charge in [0.1, 0.15) is 0 Å². The van der Waals surface area contributed by atoms with Crippen molar-refractivity contribution in [3.8, 4) is 0 Å². The van der Waals surface area contributed by atoms with Gasteiger partial charge in [-0.3, -0.25) is 0 Å². The third kappa shape index (κ3) is 5.58. The zero-order valence-electron chi connectivity index (χ0n) is 10.6. The van der Waals surface area contributed by atoms with Crippen molar-refractivity contribution < 1.29 is 8.42 Å². The lowest BCUT2D eigenvalue weighted by molar-refractivity contribution is 0.474. The summed E-state index contributed by atoms with van der Waals surface area (Å²) in [5.41, 5.74) is 0. The van der Waals surface area contributed by atoms with Crippen LogP contribution in [0.2, 0.25) is 0 Å². The average Bonchev–Trinajstić information content (AvgIpc) is 2.35. The number of alkyl halides is 1. The number of hydrogen-bond acceptors (Lipinski definition) is 2. The summed E-state index contributed by atoms with van der Waals surface area (Å²) in [5, 5.41) is -0.151. The molecule has 17 heavy (non-hydrogen) atoms. The molecule has 1 N–H and O–H groups in total. The summed E-state index contributed by atoms with van der Waals surface area (Å²) in [6.07, 6.45) is 6.79. The van der Waals surface area contributed by atoms with Gasteiger partial charge in [0.15, 0.2) is 0 Å². The van der Waals surface area contributed by atoms with E-state index in [2.05, 4.69) is 11.6 Å². The summed E-state index contributed by atoms with van der Waals surface area (Å²) in [7, 11) is -3.07. The third-order valence-corrected chi connectivity index (χ3v) is 5.91. The maximum atomic E-state index is 12.0. The van der Waals surface area contributed by atoms with E-state index in [9.17, 15) is 8.42 Å². The van der Waals surface area contributed by atoms with Gasteiger partial charge in [0.2, 0.25) is 10.0 Å². The standard InChI is InChI=1S/C12H24ClNO2S/c1-11(10-13)6-5-9-14-17(15,16)12-7-3-2-4-8-12/h11-12,14H,2-10H2,1H3. The van der Waals surface area contributed by atoms with Crippen LogP contribution < -0.4 is 4.72 Å². The smallest absolute Gasteiger partial charge is 0.214 e. The van der Waals surface area contributed by atoms with Gasteiger partial charge in [-0.25, -0.2) is 13.1 Å². The lowest BCUT2D eigenvalue weighted by Gasteiger charge is -2.22. The quantitative estimate of drug-likeness (QED) is 0.576. The van der Waals surface area contributed by atoms with Gasteiger partial charge in [-0.15, -0.1) is 11.6 Å². The van der Waals surface area contributed by atoms with Crippen molar-refractivity contribution in [2.24, 2.45) is 5.92 Å². The molecule has 0 heterocycles. The Bertz CT molecular complexity index is 300. The molecular weight excluding hydrogens is 258 g/mol. The van der Waals surface area contributed by atoms with Crippen LogP contribution in [0.4, 0.5) is 0 Å². The highest BCUT2D eigenvalue weighted by molar-refractivity contribution is 7.90. The first-order chi connectivity index (χ1) is 8.06. The summed E-state index contributed by atoms with van der Waals surface area (Å²) in [6.45, 7) is 2.64. The fraction of sp³-hybridized carbons (Fsp3) is 1.00. The Morgan fingerprint density at radius 1 is 1.29 bits per heavy atom. The maximum Gasteiger partial charge on any atom is 0.214 e. The first-order valence-corrected chi connectivity index (χ1v) is 8.69. The minimum absolute atomic E-state index is 0.151. The minimum atomic E-state index is -3.07. The highest BCUT2D eigenvalue weighted by atomic mass is 35.5. The predicted molar refractivity (Wildman–Crippen MR) is 72.9 cm³/mol. The summed E-state index contributed by atoms with van der Waals surface area (Å²) in [6, 6.07) is 0. The highest BCUT2D eigenvalue weighted by Crippen LogP contribution is 2.23. The summed E-state index contributed by atoms with van der Waals surface area (Å²) >= 11 is 5.70. The van der Waals surface area contributed by atoms with E-state index < -0.39 is 10.0 Å². The van der Waals surface area contributed by atoms with Crippen molar-refractivity contribution in [2.45, 2.75) is 57.1 Å². The van der Waals surface area contributed by atoms with E-state index in [0.29, 0.717) is 18.3 Å². The van der Waals surface area contributed by atoms with Crippen LogP contribution in [0.5, 0.6) is 0 Å². The summed E-state index contributed by atoms with van der Waals surface area (Å²) in [5.74, 6) is 1.12. The van der Waals surface area contributed by atoms with Crippen LogP contribution >= 0.6 is 11.6 Å². The molecule has 5 heteroatoms. The molecule has 0 radical (unpaired) electrons. The molecule has 102 valence electrons. The van der Waals surface area contributed by atoms with Crippen LogP contribution in [0.15, 0.2) is 0 Å². The fourth-order valence-corrected chi connectivity index (χ4v) is 4.01. The van der Waals surface area contributed by atoms with E-state index in [1.54, 1.807) is 0 Å². The Morgan fingerprint density at radius 3 is 2.53 bits per heavy atom. The van der Waals surface area contributed by atoms with Crippen LogP contribution in [0, 0.1) is 5.92 Å². The van der Waals surface area contributed by atoms with E-state index >= 15 is 0 Å². The van der Waals surface area contributed by atoms with Crippen molar-refractivity contribution in [2.75, 3.05) is 12.4 Å². The first kappa shape index (κ1) is 15.3. The minimum Gasteiger partial charge on any atom is -0.215 e. The Balaban J connectivity index is 2.24. The zero-order chi connectivity index (χ0) is 12.7. The van der Waals surface area contributed by atoms with Gasteiger partial charge in [-0.05, 0) is 31.6 Å². The second-order valence-corrected chi connectivity index (χ2v) is 7.46. The second-order valence-electron chi connectivity index (χ2n) is 5.10. The molecule has 0 aliphatic heterocycles. The fourth-order valence-electron chi connectivity index (χ4n) is 2.24. The molecule has 1 rings (SSSR count). The molecule has 1 atom stereocenters. The largest absolute Gasteiger partial charge is 0.215 e. The van der Waals surface area contributed by atoms with E-state index in [-0.39, 0.29) is 5.25 Å². The van der Waals surface area contributed by atoms with Crippen LogP contribution in [-0.4, -0.2) is 26.1 Å². The second kappa shape index (κ2) is 7.59. The molecule has 1 saturated carbocycles. The molecule has 1 fully saturated rings. The van der Waals surface area contributed by atoms with Crippen LogP contribution in [-0.2, 0) is 10.0 Å². The van der Waals surface area contributed by atoms with Gasteiger partial charge in [0, 0.05) is 12.4 Å². The molecule has 0 spiro atoms. The van der Waals surface area contributed by atoms with Crippen LogP contribution in [0.1, 0.15) is 51.9 Å². The molecular formula is C12H24ClNO2S. The summed E-state index contributed by atoms with van der Waals surface area (Å²) < 4.78 is 26.7. The van der Waals surface area contributed by atoms with Gasteiger partial charge in [0.25, 0.3) is 0 Å². The van der Waals surface area contributed by atoms with E-state index in [4.69, 9.17) is 11.6 Å². The topological polar surface area (TPSA) is 46.2 Å². The van der Waals surface area contributed by atoms with Gasteiger partial charge in [-0.1, -0.05) is 26.2 Å². The molecule has 0 aromatic heterocycles. The first-order valence-electron chi connectivity index (χ1n) is 6.60. The third-order valence-electron chi connectivity index (χ3n) is 3.43. The van der Waals surface area contributed by atoms with Gasteiger partial charge < -0.3 is 0 Å².